The molecule has 0 aromatic heterocycles. The molecule has 0 heterocycles. The molecule has 1 aromatic carbocycles. The predicted molar refractivity (Wildman–Crippen MR) is 61.1 cm³/mol. The molecule has 0 bridgehead atoms. The first-order chi connectivity index (χ1) is 7.24. The van der Waals surface area contributed by atoms with Gasteiger partial charge in [0.25, 0.3) is 0 Å². The van der Waals surface area contributed by atoms with Gasteiger partial charge in [0, 0.05) is 6.54 Å². The third kappa shape index (κ3) is 3.95. The zero-order valence-corrected chi connectivity index (χ0v) is 8.65. The summed E-state index contributed by atoms with van der Waals surface area (Å²) in [5.41, 5.74) is 6.67. The molecule has 0 saturated carbocycles. The van der Waals surface area contributed by atoms with Crippen LogP contribution in [0.3, 0.4) is 0 Å². The highest BCUT2D eigenvalue weighted by Crippen LogP contribution is 1.97. The Balaban J connectivity index is 2.37. The molecular weight excluding hydrogens is 188 g/mol. The lowest BCUT2D eigenvalue weighted by molar-refractivity contribution is -0.122. The van der Waals surface area contributed by atoms with Crippen LogP contribution >= 0.6 is 0 Å². The summed E-state index contributed by atoms with van der Waals surface area (Å²) >= 11 is 0. The van der Waals surface area contributed by atoms with Gasteiger partial charge in [-0.05, 0) is 12.0 Å². The normalized spacial score (nSPS) is 11.8. The Kier molecular flexibility index (Phi) is 4.57. The zero-order valence-electron chi connectivity index (χ0n) is 8.65. The summed E-state index contributed by atoms with van der Waals surface area (Å²) < 4.78 is 0. The van der Waals surface area contributed by atoms with Crippen LogP contribution in [0, 0.1) is 0 Å². The van der Waals surface area contributed by atoms with Crippen molar-refractivity contribution in [2.24, 2.45) is 5.73 Å². The van der Waals surface area contributed by atoms with Crippen molar-refractivity contribution in [3.63, 3.8) is 0 Å². The van der Waals surface area contributed by atoms with E-state index in [1.54, 1.807) is 6.08 Å². The number of carbonyl (C=O) groups is 1. The fourth-order valence-corrected chi connectivity index (χ4v) is 1.20. The zero-order chi connectivity index (χ0) is 11.1. The molecule has 0 aliphatic heterocycles. The molecule has 0 spiro atoms. The molecule has 0 fully saturated rings. The van der Waals surface area contributed by atoms with Crippen molar-refractivity contribution in [2.75, 3.05) is 0 Å². The first kappa shape index (κ1) is 11.5. The van der Waals surface area contributed by atoms with E-state index in [0.717, 1.165) is 5.56 Å². The summed E-state index contributed by atoms with van der Waals surface area (Å²) in [6.45, 7) is 4.06. The van der Waals surface area contributed by atoms with Gasteiger partial charge in [0.05, 0.1) is 6.04 Å². The first-order valence-corrected chi connectivity index (χ1v) is 4.92. The SMILES string of the molecule is C=CCC(N)C(=O)NCc1ccccc1. The molecule has 1 rings (SSSR count). The van der Waals surface area contributed by atoms with Crippen LogP contribution in [-0.2, 0) is 11.3 Å². The number of nitrogens with one attached hydrogen (secondary N) is 1. The fraction of sp³-hybridized carbons (Fsp3) is 0.250. The Morgan fingerprint density at radius 3 is 2.73 bits per heavy atom. The number of carbonyl (C=O) groups excluding carboxylic acids is 1. The van der Waals surface area contributed by atoms with Crippen molar-refractivity contribution >= 4 is 5.91 Å². The van der Waals surface area contributed by atoms with Gasteiger partial charge >= 0.3 is 0 Å². The van der Waals surface area contributed by atoms with E-state index in [4.69, 9.17) is 5.73 Å². The molecule has 0 saturated heterocycles. The molecule has 1 atom stereocenters. The number of benzene rings is 1. The highest BCUT2D eigenvalue weighted by molar-refractivity contribution is 5.81. The van der Waals surface area contributed by atoms with Crippen LogP contribution in [-0.4, -0.2) is 11.9 Å². The average molecular weight is 204 g/mol. The van der Waals surface area contributed by atoms with Crippen LogP contribution in [0.5, 0.6) is 0 Å². The number of hydrogen-bond acceptors (Lipinski definition) is 2. The molecule has 15 heavy (non-hydrogen) atoms. The molecule has 0 radical (unpaired) electrons. The van der Waals surface area contributed by atoms with Gasteiger partial charge in [-0.2, -0.15) is 0 Å². The van der Waals surface area contributed by atoms with Gasteiger partial charge in [0.15, 0.2) is 0 Å². The van der Waals surface area contributed by atoms with Gasteiger partial charge in [-0.15, -0.1) is 6.58 Å². The van der Waals surface area contributed by atoms with Crippen LogP contribution in [0.4, 0.5) is 0 Å². The third-order valence-electron chi connectivity index (χ3n) is 2.07. The van der Waals surface area contributed by atoms with E-state index in [-0.39, 0.29) is 5.91 Å². The van der Waals surface area contributed by atoms with Crippen molar-refractivity contribution in [3.8, 4) is 0 Å². The summed E-state index contributed by atoms with van der Waals surface area (Å²) in [6.07, 6.45) is 2.15. The van der Waals surface area contributed by atoms with Crippen molar-refractivity contribution < 1.29 is 4.79 Å². The maximum absolute atomic E-state index is 11.4. The Morgan fingerprint density at radius 1 is 1.47 bits per heavy atom. The highest BCUT2D eigenvalue weighted by atomic mass is 16.2. The predicted octanol–water partition coefficient (Wildman–Crippen LogP) is 1.21. The Hall–Kier alpha value is -1.61. The molecule has 3 heteroatoms. The van der Waals surface area contributed by atoms with Crippen molar-refractivity contribution in [2.45, 2.75) is 19.0 Å². The monoisotopic (exact) mass is 204 g/mol. The van der Waals surface area contributed by atoms with Gasteiger partial charge < -0.3 is 11.1 Å². The Labute approximate surface area is 90.0 Å². The van der Waals surface area contributed by atoms with Crippen molar-refractivity contribution in [1.29, 1.82) is 0 Å². The van der Waals surface area contributed by atoms with Crippen molar-refractivity contribution in [1.82, 2.24) is 5.32 Å². The van der Waals surface area contributed by atoms with E-state index in [0.29, 0.717) is 13.0 Å². The van der Waals surface area contributed by atoms with E-state index in [1.807, 2.05) is 30.3 Å². The topological polar surface area (TPSA) is 55.1 Å². The van der Waals surface area contributed by atoms with Crippen LogP contribution in [0.15, 0.2) is 43.0 Å². The van der Waals surface area contributed by atoms with E-state index in [1.165, 1.54) is 0 Å². The molecular formula is C12H16N2O. The van der Waals surface area contributed by atoms with Crippen LogP contribution in [0.1, 0.15) is 12.0 Å². The number of nitrogens with two attached hydrogens (primary N) is 1. The summed E-state index contributed by atoms with van der Waals surface area (Å²) in [4.78, 5) is 11.4. The minimum absolute atomic E-state index is 0.140. The number of hydrogen-bond donors (Lipinski definition) is 2. The Bertz CT molecular complexity index is 322. The lowest BCUT2D eigenvalue weighted by atomic mass is 10.2. The molecule has 3 N–H and O–H groups in total. The quantitative estimate of drug-likeness (QED) is 0.708. The average Bonchev–Trinajstić information content (AvgIpc) is 2.27. The van der Waals surface area contributed by atoms with E-state index in [9.17, 15) is 4.79 Å². The molecule has 3 nitrogen and oxygen atoms in total. The fourth-order valence-electron chi connectivity index (χ4n) is 1.20. The number of amides is 1. The molecule has 1 amide bonds. The minimum atomic E-state index is -0.494. The third-order valence-corrected chi connectivity index (χ3v) is 2.07. The van der Waals surface area contributed by atoms with Gasteiger partial charge in [-0.3, -0.25) is 4.79 Å². The molecule has 80 valence electrons. The maximum atomic E-state index is 11.4. The summed E-state index contributed by atoms with van der Waals surface area (Å²) in [7, 11) is 0. The van der Waals surface area contributed by atoms with Crippen LogP contribution in [0.25, 0.3) is 0 Å². The number of rotatable bonds is 5. The Morgan fingerprint density at radius 2 is 2.13 bits per heavy atom. The van der Waals surface area contributed by atoms with Crippen molar-refractivity contribution in [3.05, 3.63) is 48.6 Å². The maximum Gasteiger partial charge on any atom is 0.237 e. The van der Waals surface area contributed by atoms with E-state index >= 15 is 0 Å². The summed E-state index contributed by atoms with van der Waals surface area (Å²) in [5.74, 6) is -0.140. The van der Waals surface area contributed by atoms with Crippen LogP contribution < -0.4 is 11.1 Å². The second kappa shape index (κ2) is 5.98. The molecule has 0 aliphatic carbocycles. The van der Waals surface area contributed by atoms with Gasteiger partial charge in [-0.1, -0.05) is 36.4 Å². The van der Waals surface area contributed by atoms with Crippen LogP contribution in [0.2, 0.25) is 0 Å². The second-order valence-corrected chi connectivity index (χ2v) is 3.33. The molecule has 1 unspecified atom stereocenters. The summed E-state index contributed by atoms with van der Waals surface area (Å²) in [5, 5.41) is 2.77. The van der Waals surface area contributed by atoms with Gasteiger partial charge in [0.2, 0.25) is 5.91 Å². The first-order valence-electron chi connectivity index (χ1n) is 4.92. The lowest BCUT2D eigenvalue weighted by Crippen LogP contribution is -2.39. The molecule has 1 aromatic rings. The minimum Gasteiger partial charge on any atom is -0.351 e. The van der Waals surface area contributed by atoms with E-state index in [2.05, 4.69) is 11.9 Å². The van der Waals surface area contributed by atoms with Gasteiger partial charge in [0.1, 0.15) is 0 Å². The molecule has 0 aliphatic rings. The van der Waals surface area contributed by atoms with E-state index < -0.39 is 6.04 Å². The summed E-state index contributed by atoms with van der Waals surface area (Å²) in [6, 6.07) is 9.23. The largest absolute Gasteiger partial charge is 0.351 e. The highest BCUT2D eigenvalue weighted by Gasteiger charge is 2.10. The lowest BCUT2D eigenvalue weighted by Gasteiger charge is -2.09. The van der Waals surface area contributed by atoms with Gasteiger partial charge in [-0.25, -0.2) is 0 Å². The smallest absolute Gasteiger partial charge is 0.237 e. The standard InChI is InChI=1S/C12H16N2O/c1-2-6-11(13)12(15)14-9-10-7-4-3-5-8-10/h2-5,7-8,11H,1,6,9,13H2,(H,14,15). The second-order valence-electron chi connectivity index (χ2n) is 3.33.